The molecule has 0 spiro atoms. The largest absolute Gasteiger partial charge is 0.508 e. The molecule has 0 fully saturated rings. The lowest BCUT2D eigenvalue weighted by Gasteiger charge is -2.01. The van der Waals surface area contributed by atoms with Crippen LogP contribution in [0, 0.1) is 0 Å². The van der Waals surface area contributed by atoms with E-state index >= 15 is 0 Å². The summed E-state index contributed by atoms with van der Waals surface area (Å²) in [5, 5.41) is 17.9. The van der Waals surface area contributed by atoms with Crippen molar-refractivity contribution in [1.82, 2.24) is 0 Å². The zero-order valence-corrected chi connectivity index (χ0v) is 10.6. The van der Waals surface area contributed by atoms with Gasteiger partial charge in [-0.2, -0.15) is 0 Å². The van der Waals surface area contributed by atoms with Crippen LogP contribution in [0.4, 0.5) is 0 Å². The van der Waals surface area contributed by atoms with Gasteiger partial charge in [0, 0.05) is 5.56 Å². The molecule has 2 aromatic rings. The number of benzene rings is 2. The number of ether oxygens (including phenoxy) is 1. The molecular weight excluding hydrogens is 244 g/mol. The van der Waals surface area contributed by atoms with Gasteiger partial charge >= 0.3 is 5.97 Å². The SMILES string of the molecule is COC(=O)Cc1ccccc1O.Oc1ccccc1. The summed E-state index contributed by atoms with van der Waals surface area (Å²) in [6.45, 7) is 0. The Bertz CT molecular complexity index is 509. The highest BCUT2D eigenvalue weighted by atomic mass is 16.5. The van der Waals surface area contributed by atoms with E-state index in [0.29, 0.717) is 11.3 Å². The van der Waals surface area contributed by atoms with Crippen molar-refractivity contribution in [3.05, 3.63) is 60.2 Å². The molecule has 0 aromatic heterocycles. The Kier molecular flexibility index (Phi) is 5.95. The maximum absolute atomic E-state index is 10.8. The Hall–Kier alpha value is -2.49. The van der Waals surface area contributed by atoms with Crippen LogP contribution >= 0.6 is 0 Å². The summed E-state index contributed by atoms with van der Waals surface area (Å²) < 4.78 is 4.46. The minimum absolute atomic E-state index is 0.114. The van der Waals surface area contributed by atoms with Crippen LogP contribution in [-0.4, -0.2) is 23.3 Å². The zero-order valence-electron chi connectivity index (χ0n) is 10.6. The summed E-state index contributed by atoms with van der Waals surface area (Å²) in [5.74, 6) is 0.0990. The number of para-hydroxylation sites is 2. The number of carbonyl (C=O) groups is 1. The molecule has 100 valence electrons. The molecule has 0 atom stereocenters. The van der Waals surface area contributed by atoms with Gasteiger partial charge in [0.25, 0.3) is 0 Å². The third kappa shape index (κ3) is 5.59. The summed E-state index contributed by atoms with van der Waals surface area (Å²) in [5.41, 5.74) is 0.587. The van der Waals surface area contributed by atoms with Gasteiger partial charge in [-0.3, -0.25) is 4.79 Å². The van der Waals surface area contributed by atoms with Crippen LogP contribution in [0.2, 0.25) is 0 Å². The van der Waals surface area contributed by atoms with Crippen LogP contribution in [0.25, 0.3) is 0 Å². The molecule has 4 heteroatoms. The molecule has 0 aliphatic rings. The molecule has 0 unspecified atom stereocenters. The fourth-order valence-corrected chi connectivity index (χ4v) is 1.32. The number of phenols is 2. The van der Waals surface area contributed by atoms with Crippen LogP contribution in [-0.2, 0) is 16.0 Å². The predicted molar refractivity (Wildman–Crippen MR) is 71.9 cm³/mol. The second-order valence-corrected chi connectivity index (χ2v) is 3.72. The maximum atomic E-state index is 10.8. The summed E-state index contributed by atoms with van der Waals surface area (Å²) in [4.78, 5) is 10.8. The van der Waals surface area contributed by atoms with Gasteiger partial charge in [0.2, 0.25) is 0 Å². The lowest BCUT2D eigenvalue weighted by Crippen LogP contribution is -2.04. The maximum Gasteiger partial charge on any atom is 0.310 e. The number of esters is 1. The second kappa shape index (κ2) is 7.76. The smallest absolute Gasteiger partial charge is 0.310 e. The van der Waals surface area contributed by atoms with Crippen LogP contribution in [0.5, 0.6) is 11.5 Å². The molecule has 0 aliphatic heterocycles. The highest BCUT2D eigenvalue weighted by Crippen LogP contribution is 2.15. The van der Waals surface area contributed by atoms with E-state index in [0.717, 1.165) is 0 Å². The van der Waals surface area contributed by atoms with Crippen molar-refractivity contribution >= 4 is 5.97 Å². The van der Waals surface area contributed by atoms with E-state index in [1.807, 2.05) is 6.07 Å². The summed E-state index contributed by atoms with van der Waals surface area (Å²) in [6.07, 6.45) is 0.114. The van der Waals surface area contributed by atoms with Crippen molar-refractivity contribution < 1.29 is 19.7 Å². The lowest BCUT2D eigenvalue weighted by molar-refractivity contribution is -0.139. The molecule has 2 rings (SSSR count). The van der Waals surface area contributed by atoms with Crippen LogP contribution in [0.3, 0.4) is 0 Å². The summed E-state index contributed by atoms with van der Waals surface area (Å²) in [6, 6.07) is 15.4. The number of hydrogen-bond donors (Lipinski definition) is 2. The first-order valence-corrected chi connectivity index (χ1v) is 5.71. The molecule has 19 heavy (non-hydrogen) atoms. The van der Waals surface area contributed by atoms with Crippen LogP contribution in [0.1, 0.15) is 5.56 Å². The topological polar surface area (TPSA) is 66.8 Å². The van der Waals surface area contributed by atoms with Gasteiger partial charge in [-0.1, -0.05) is 36.4 Å². The minimum Gasteiger partial charge on any atom is -0.508 e. The molecule has 0 radical (unpaired) electrons. The van der Waals surface area contributed by atoms with E-state index in [2.05, 4.69) is 4.74 Å². The molecule has 0 saturated heterocycles. The van der Waals surface area contributed by atoms with Gasteiger partial charge in [-0.25, -0.2) is 0 Å². The molecule has 0 amide bonds. The average Bonchev–Trinajstić information content (AvgIpc) is 2.43. The molecular formula is C15H16O4. The Morgan fingerprint density at radius 3 is 2.05 bits per heavy atom. The Labute approximate surface area is 111 Å². The van der Waals surface area contributed by atoms with E-state index < -0.39 is 0 Å². The molecule has 0 aliphatic carbocycles. The molecule has 2 aromatic carbocycles. The van der Waals surface area contributed by atoms with Crippen molar-refractivity contribution in [2.45, 2.75) is 6.42 Å². The van der Waals surface area contributed by atoms with Gasteiger partial charge in [-0.05, 0) is 18.2 Å². The summed E-state index contributed by atoms with van der Waals surface area (Å²) in [7, 11) is 1.32. The molecule has 0 bridgehead atoms. The predicted octanol–water partition coefficient (Wildman–Crippen LogP) is 2.50. The monoisotopic (exact) mass is 260 g/mol. The van der Waals surface area contributed by atoms with Crippen molar-refractivity contribution in [1.29, 1.82) is 0 Å². The number of methoxy groups -OCH3 is 1. The first-order valence-electron chi connectivity index (χ1n) is 5.71. The average molecular weight is 260 g/mol. The van der Waals surface area contributed by atoms with E-state index in [4.69, 9.17) is 5.11 Å². The van der Waals surface area contributed by atoms with Crippen LogP contribution < -0.4 is 0 Å². The fourth-order valence-electron chi connectivity index (χ4n) is 1.32. The molecule has 4 nitrogen and oxygen atoms in total. The number of rotatable bonds is 2. The normalized spacial score (nSPS) is 9.11. The van der Waals surface area contributed by atoms with Crippen molar-refractivity contribution in [2.75, 3.05) is 7.11 Å². The molecule has 0 heterocycles. The summed E-state index contributed by atoms with van der Waals surface area (Å²) >= 11 is 0. The Morgan fingerprint density at radius 1 is 1.00 bits per heavy atom. The number of phenolic OH excluding ortho intramolecular Hbond substituents is 2. The third-order valence-electron chi connectivity index (χ3n) is 2.31. The Balaban J connectivity index is 0.000000218. The quantitative estimate of drug-likeness (QED) is 0.814. The van der Waals surface area contributed by atoms with E-state index in [1.54, 1.807) is 42.5 Å². The lowest BCUT2D eigenvalue weighted by atomic mass is 10.1. The van der Waals surface area contributed by atoms with E-state index in [-0.39, 0.29) is 18.1 Å². The second-order valence-electron chi connectivity index (χ2n) is 3.72. The minimum atomic E-state index is -0.350. The Morgan fingerprint density at radius 2 is 1.58 bits per heavy atom. The van der Waals surface area contributed by atoms with Crippen molar-refractivity contribution in [3.63, 3.8) is 0 Å². The van der Waals surface area contributed by atoms with Crippen molar-refractivity contribution in [2.24, 2.45) is 0 Å². The first-order chi connectivity index (χ1) is 9.13. The number of hydrogen-bond acceptors (Lipinski definition) is 4. The zero-order chi connectivity index (χ0) is 14.1. The van der Waals surface area contributed by atoms with Gasteiger partial charge in [-0.15, -0.1) is 0 Å². The molecule has 2 N–H and O–H groups in total. The highest BCUT2D eigenvalue weighted by Gasteiger charge is 2.05. The van der Waals surface area contributed by atoms with Gasteiger partial charge < -0.3 is 14.9 Å². The van der Waals surface area contributed by atoms with Crippen LogP contribution in [0.15, 0.2) is 54.6 Å². The van der Waals surface area contributed by atoms with Crippen molar-refractivity contribution in [3.8, 4) is 11.5 Å². The van der Waals surface area contributed by atoms with Gasteiger partial charge in [0.1, 0.15) is 11.5 Å². The third-order valence-corrected chi connectivity index (χ3v) is 2.31. The highest BCUT2D eigenvalue weighted by molar-refractivity contribution is 5.73. The van der Waals surface area contributed by atoms with Gasteiger partial charge in [0.05, 0.1) is 13.5 Å². The number of carbonyl (C=O) groups excluding carboxylic acids is 1. The standard InChI is InChI=1S/C9H10O3.C6H6O/c1-12-9(11)6-7-4-2-3-5-8(7)10;7-6-4-2-1-3-5-6/h2-5,10H,6H2,1H3;1-5,7H. The molecule has 0 saturated carbocycles. The van der Waals surface area contributed by atoms with Gasteiger partial charge in [0.15, 0.2) is 0 Å². The fraction of sp³-hybridized carbons (Fsp3) is 0.133. The first kappa shape index (κ1) is 14.6. The van der Waals surface area contributed by atoms with E-state index in [1.165, 1.54) is 13.2 Å². The number of aromatic hydroxyl groups is 2. The van der Waals surface area contributed by atoms with E-state index in [9.17, 15) is 9.90 Å².